The number of carbonyl (C=O) groups is 1. The number of hydrogen-bond acceptors (Lipinski definition) is 4. The number of fused-ring (bicyclic) bond motifs is 1. The highest BCUT2D eigenvalue weighted by molar-refractivity contribution is 7.07. The van der Waals surface area contributed by atoms with Gasteiger partial charge in [0, 0.05) is 13.6 Å². The number of thiophene rings is 1. The number of rotatable bonds is 3. The Balaban J connectivity index is 1.73. The molecule has 0 saturated carbocycles. The van der Waals surface area contributed by atoms with Crippen molar-refractivity contribution in [3.63, 3.8) is 0 Å². The molecule has 110 valence electrons. The summed E-state index contributed by atoms with van der Waals surface area (Å²) in [6, 6.07) is 9.45. The Kier molecular flexibility index (Phi) is 3.84. The van der Waals surface area contributed by atoms with Crippen LogP contribution in [0.2, 0.25) is 0 Å². The van der Waals surface area contributed by atoms with Crippen molar-refractivity contribution in [1.29, 1.82) is 0 Å². The zero-order chi connectivity index (χ0) is 14.8. The van der Waals surface area contributed by atoms with Gasteiger partial charge in [0.2, 0.25) is 6.10 Å². The van der Waals surface area contributed by atoms with Crippen LogP contribution < -0.4 is 9.47 Å². The van der Waals surface area contributed by atoms with E-state index in [0.717, 1.165) is 5.56 Å². The van der Waals surface area contributed by atoms with Gasteiger partial charge in [-0.25, -0.2) is 0 Å². The fraction of sp³-hybridized carbons (Fsp3) is 0.312. The van der Waals surface area contributed by atoms with E-state index in [-0.39, 0.29) is 12.0 Å². The molecule has 2 atom stereocenters. The topological polar surface area (TPSA) is 38.8 Å². The normalized spacial score (nSPS) is 20.1. The van der Waals surface area contributed by atoms with E-state index >= 15 is 0 Å². The molecular formula is C16H17NO3S. The predicted octanol–water partition coefficient (Wildman–Crippen LogP) is 2.94. The van der Waals surface area contributed by atoms with Gasteiger partial charge in [-0.3, -0.25) is 4.79 Å². The van der Waals surface area contributed by atoms with Crippen molar-refractivity contribution < 1.29 is 14.3 Å². The Morgan fingerprint density at radius 2 is 1.95 bits per heavy atom. The van der Waals surface area contributed by atoms with Gasteiger partial charge in [0.05, 0.1) is 0 Å². The van der Waals surface area contributed by atoms with Gasteiger partial charge >= 0.3 is 0 Å². The molecule has 2 aromatic rings. The number of para-hydroxylation sites is 2. The van der Waals surface area contributed by atoms with Crippen LogP contribution in [0.3, 0.4) is 0 Å². The van der Waals surface area contributed by atoms with Gasteiger partial charge in [-0.15, -0.1) is 0 Å². The molecule has 0 fully saturated rings. The molecule has 0 N–H and O–H groups in total. The van der Waals surface area contributed by atoms with Gasteiger partial charge in [0.25, 0.3) is 5.91 Å². The lowest BCUT2D eigenvalue weighted by Crippen LogP contribution is -2.49. The Bertz CT molecular complexity index is 626. The van der Waals surface area contributed by atoms with E-state index in [1.165, 1.54) is 0 Å². The van der Waals surface area contributed by atoms with E-state index in [0.29, 0.717) is 18.0 Å². The van der Waals surface area contributed by atoms with Crippen molar-refractivity contribution >= 4 is 17.2 Å². The van der Waals surface area contributed by atoms with Crippen molar-refractivity contribution in [1.82, 2.24) is 4.90 Å². The highest BCUT2D eigenvalue weighted by Gasteiger charge is 2.35. The maximum atomic E-state index is 12.6. The Hall–Kier alpha value is -2.01. The van der Waals surface area contributed by atoms with Gasteiger partial charge in [-0.2, -0.15) is 11.3 Å². The van der Waals surface area contributed by atoms with E-state index in [1.54, 1.807) is 23.3 Å². The first kappa shape index (κ1) is 13.9. The van der Waals surface area contributed by atoms with E-state index in [9.17, 15) is 4.79 Å². The maximum absolute atomic E-state index is 12.6. The summed E-state index contributed by atoms with van der Waals surface area (Å²) in [6.07, 6.45) is -0.916. The number of likely N-dealkylation sites (N-methyl/N-ethyl adjacent to an activating group) is 1. The van der Waals surface area contributed by atoms with Crippen LogP contribution in [0.4, 0.5) is 0 Å². The molecule has 2 heterocycles. The standard InChI is InChI=1S/C16H17NO3S/c1-11-15(20-14-6-4-3-5-13(14)19-11)16(18)17(2)9-12-7-8-21-10-12/h3-8,10-11,15H,9H2,1-2H3/t11-,15-/m1/s1. The Labute approximate surface area is 127 Å². The van der Waals surface area contributed by atoms with Crippen LogP contribution in [-0.2, 0) is 11.3 Å². The highest BCUT2D eigenvalue weighted by Crippen LogP contribution is 2.33. The molecule has 0 bridgehead atoms. The summed E-state index contributed by atoms with van der Waals surface area (Å²) in [7, 11) is 1.79. The summed E-state index contributed by atoms with van der Waals surface area (Å²) in [5.41, 5.74) is 1.13. The Morgan fingerprint density at radius 3 is 2.62 bits per heavy atom. The van der Waals surface area contributed by atoms with Crippen molar-refractivity contribution in [3.05, 3.63) is 46.7 Å². The molecule has 0 radical (unpaired) electrons. The summed E-state index contributed by atoms with van der Waals surface area (Å²) in [5, 5.41) is 4.05. The minimum Gasteiger partial charge on any atom is -0.482 e. The van der Waals surface area contributed by atoms with E-state index in [1.807, 2.05) is 48.0 Å². The van der Waals surface area contributed by atoms with Crippen molar-refractivity contribution in [2.75, 3.05) is 7.05 Å². The monoisotopic (exact) mass is 303 g/mol. The molecule has 1 aliphatic rings. The molecule has 1 amide bonds. The van der Waals surface area contributed by atoms with Gasteiger partial charge in [0.15, 0.2) is 11.5 Å². The molecule has 0 aliphatic carbocycles. The molecule has 1 aromatic heterocycles. The van der Waals surface area contributed by atoms with Crippen LogP contribution in [0.5, 0.6) is 11.5 Å². The molecule has 21 heavy (non-hydrogen) atoms. The maximum Gasteiger partial charge on any atom is 0.267 e. The first-order valence-corrected chi connectivity index (χ1v) is 7.78. The summed E-state index contributed by atoms with van der Waals surface area (Å²) >= 11 is 1.63. The van der Waals surface area contributed by atoms with Crippen LogP contribution in [0, 0.1) is 0 Å². The minimum absolute atomic E-state index is 0.0665. The lowest BCUT2D eigenvalue weighted by atomic mass is 10.1. The molecule has 0 saturated heterocycles. The highest BCUT2D eigenvalue weighted by atomic mass is 32.1. The third-order valence-corrected chi connectivity index (χ3v) is 4.19. The van der Waals surface area contributed by atoms with Gasteiger partial charge in [0.1, 0.15) is 6.10 Å². The Morgan fingerprint density at radius 1 is 1.24 bits per heavy atom. The number of carbonyl (C=O) groups excluding carboxylic acids is 1. The van der Waals surface area contributed by atoms with Crippen molar-refractivity contribution in [2.24, 2.45) is 0 Å². The van der Waals surface area contributed by atoms with Crippen molar-refractivity contribution in [3.8, 4) is 11.5 Å². The van der Waals surface area contributed by atoms with E-state index in [2.05, 4.69) is 0 Å². The number of nitrogens with zero attached hydrogens (tertiary/aromatic N) is 1. The molecular weight excluding hydrogens is 286 g/mol. The largest absolute Gasteiger partial charge is 0.482 e. The summed E-state index contributed by atoms with van der Waals surface area (Å²) in [4.78, 5) is 14.2. The average molecular weight is 303 g/mol. The quantitative estimate of drug-likeness (QED) is 0.875. The second-order valence-electron chi connectivity index (χ2n) is 5.13. The van der Waals surface area contributed by atoms with Crippen LogP contribution in [-0.4, -0.2) is 30.1 Å². The van der Waals surface area contributed by atoms with Crippen LogP contribution in [0.25, 0.3) is 0 Å². The van der Waals surface area contributed by atoms with E-state index in [4.69, 9.17) is 9.47 Å². The summed E-state index contributed by atoms with van der Waals surface area (Å²) in [5.74, 6) is 1.25. The summed E-state index contributed by atoms with van der Waals surface area (Å²) in [6.45, 7) is 2.44. The molecule has 5 heteroatoms. The minimum atomic E-state index is -0.608. The van der Waals surface area contributed by atoms with Crippen molar-refractivity contribution in [2.45, 2.75) is 25.7 Å². The van der Waals surface area contributed by atoms with Gasteiger partial charge in [-0.1, -0.05) is 12.1 Å². The predicted molar refractivity (Wildman–Crippen MR) is 81.7 cm³/mol. The van der Waals surface area contributed by atoms with E-state index < -0.39 is 6.10 Å². The molecule has 4 nitrogen and oxygen atoms in total. The SMILES string of the molecule is C[C@H]1Oc2ccccc2O[C@H]1C(=O)N(C)Cc1ccsc1. The molecule has 1 aliphatic heterocycles. The fourth-order valence-corrected chi connectivity index (χ4v) is 3.00. The first-order valence-electron chi connectivity index (χ1n) is 6.83. The molecule has 0 spiro atoms. The zero-order valence-electron chi connectivity index (χ0n) is 12.0. The number of ether oxygens (including phenoxy) is 2. The molecule has 0 unspecified atom stereocenters. The first-order chi connectivity index (χ1) is 10.1. The van der Waals surface area contributed by atoms with Gasteiger partial charge < -0.3 is 14.4 Å². The lowest BCUT2D eigenvalue weighted by Gasteiger charge is -2.33. The fourth-order valence-electron chi connectivity index (χ4n) is 2.34. The second kappa shape index (κ2) is 5.77. The zero-order valence-corrected chi connectivity index (χ0v) is 12.8. The third kappa shape index (κ3) is 2.88. The van der Waals surface area contributed by atoms with Crippen LogP contribution >= 0.6 is 11.3 Å². The molecule has 3 rings (SSSR count). The van der Waals surface area contributed by atoms with Crippen LogP contribution in [0.15, 0.2) is 41.1 Å². The van der Waals surface area contributed by atoms with Gasteiger partial charge in [-0.05, 0) is 41.4 Å². The smallest absolute Gasteiger partial charge is 0.267 e. The van der Waals surface area contributed by atoms with Crippen LogP contribution in [0.1, 0.15) is 12.5 Å². The average Bonchev–Trinajstić information content (AvgIpc) is 2.98. The summed E-state index contributed by atoms with van der Waals surface area (Å²) < 4.78 is 11.6. The second-order valence-corrected chi connectivity index (χ2v) is 5.91. The number of amides is 1. The lowest BCUT2D eigenvalue weighted by molar-refractivity contribution is -0.143. The number of benzene rings is 1. The third-order valence-electron chi connectivity index (χ3n) is 3.46. The number of hydrogen-bond donors (Lipinski definition) is 0. The molecule has 1 aromatic carbocycles.